The van der Waals surface area contributed by atoms with Gasteiger partial charge in [-0.3, -0.25) is 4.98 Å². The number of pyridine rings is 1. The lowest BCUT2D eigenvalue weighted by Gasteiger charge is -2.32. The summed E-state index contributed by atoms with van der Waals surface area (Å²) in [6.07, 6.45) is 7.51. The molecular weight excluding hydrogens is 438 g/mol. The van der Waals surface area contributed by atoms with E-state index in [1.807, 2.05) is 6.20 Å². The average Bonchev–Trinajstić information content (AvgIpc) is 3.18. The van der Waals surface area contributed by atoms with Crippen LogP contribution in [0.15, 0.2) is 42.6 Å². The maximum Gasteiger partial charge on any atom is 0.125 e. The van der Waals surface area contributed by atoms with Gasteiger partial charge in [-0.15, -0.1) is 0 Å². The van der Waals surface area contributed by atoms with E-state index in [2.05, 4.69) is 65.9 Å². The van der Waals surface area contributed by atoms with Gasteiger partial charge in [-0.05, 0) is 68.5 Å². The smallest absolute Gasteiger partial charge is 0.125 e. The van der Waals surface area contributed by atoms with Gasteiger partial charge in [0, 0.05) is 38.5 Å². The number of nitrogens with one attached hydrogen (secondary N) is 1. The Morgan fingerprint density at radius 3 is 2.88 bits per heavy atom. The molecule has 3 N–H and O–H groups in total. The second-order valence-electron chi connectivity index (χ2n) is 10.8. The van der Waals surface area contributed by atoms with Crippen LogP contribution in [0, 0.1) is 0 Å². The number of fused-ring (bicyclic) bond motifs is 2. The molecule has 0 radical (unpaired) electrons. The molecule has 1 aliphatic rings. The van der Waals surface area contributed by atoms with Gasteiger partial charge in [-0.2, -0.15) is 0 Å². The van der Waals surface area contributed by atoms with Gasteiger partial charge in [-0.1, -0.05) is 37.8 Å². The molecule has 0 saturated carbocycles. The number of aromatic nitrogens is 3. The summed E-state index contributed by atoms with van der Waals surface area (Å²) in [6, 6.07) is 14.2. The molecule has 1 aliphatic carbocycles. The number of rotatable bonds is 12. The van der Waals surface area contributed by atoms with Crippen molar-refractivity contribution in [3.8, 4) is 0 Å². The zero-order chi connectivity index (χ0) is 24.0. The quantitative estimate of drug-likeness (QED) is 0.280. The highest BCUT2D eigenvalue weighted by molar-refractivity contribution is 6.76. The Balaban J connectivity index is 1.51. The van der Waals surface area contributed by atoms with Gasteiger partial charge in [-0.25, -0.2) is 4.98 Å². The van der Waals surface area contributed by atoms with E-state index in [4.69, 9.17) is 20.4 Å². The Bertz CT molecular complexity index is 1060. The largest absolute Gasteiger partial charge is 0.361 e. The molecule has 4 rings (SSSR count). The number of nitrogens with zero attached hydrogens (tertiary/aromatic N) is 3. The summed E-state index contributed by atoms with van der Waals surface area (Å²) in [4.78, 5) is 9.77. The van der Waals surface area contributed by atoms with E-state index in [1.54, 1.807) is 0 Å². The van der Waals surface area contributed by atoms with Crippen molar-refractivity contribution >= 4 is 19.1 Å². The van der Waals surface area contributed by atoms with Gasteiger partial charge in [0.05, 0.1) is 17.6 Å². The molecule has 3 aromatic rings. The normalized spacial score (nSPS) is 17.1. The minimum Gasteiger partial charge on any atom is -0.361 e. The second kappa shape index (κ2) is 11.6. The number of aryl methyl sites for hydroxylation is 1. The van der Waals surface area contributed by atoms with E-state index in [0.717, 1.165) is 42.7 Å². The summed E-state index contributed by atoms with van der Waals surface area (Å²) in [6.45, 7) is 9.93. The third-order valence-corrected chi connectivity index (χ3v) is 8.62. The second-order valence-corrected chi connectivity index (χ2v) is 16.4. The molecule has 7 heteroatoms. The van der Waals surface area contributed by atoms with Crippen LogP contribution in [0.4, 0.5) is 0 Å². The number of benzene rings is 1. The number of para-hydroxylation sites is 2. The first-order valence-electron chi connectivity index (χ1n) is 12.9. The molecule has 0 aliphatic heterocycles. The lowest BCUT2D eigenvalue weighted by atomic mass is 9.80. The van der Waals surface area contributed by atoms with Crippen LogP contribution in [0.2, 0.25) is 25.7 Å². The molecule has 2 aromatic heterocycles. The van der Waals surface area contributed by atoms with Gasteiger partial charge in [0.25, 0.3) is 0 Å². The van der Waals surface area contributed by atoms with Crippen molar-refractivity contribution in [1.82, 2.24) is 19.9 Å². The molecule has 0 amide bonds. The Kier molecular flexibility index (Phi) is 8.53. The van der Waals surface area contributed by atoms with Crippen molar-refractivity contribution < 1.29 is 4.74 Å². The molecule has 0 bridgehead atoms. The van der Waals surface area contributed by atoms with Gasteiger partial charge in [0.1, 0.15) is 12.6 Å². The summed E-state index contributed by atoms with van der Waals surface area (Å²) in [5.41, 5.74) is 10.7. The highest BCUT2D eigenvalue weighted by atomic mass is 28.3. The van der Waals surface area contributed by atoms with E-state index >= 15 is 0 Å². The van der Waals surface area contributed by atoms with Crippen LogP contribution < -0.4 is 11.1 Å². The molecule has 0 fully saturated rings. The number of hydrogen-bond donors (Lipinski definition) is 2. The van der Waals surface area contributed by atoms with E-state index in [0.29, 0.717) is 31.8 Å². The zero-order valence-corrected chi connectivity index (χ0v) is 22.1. The summed E-state index contributed by atoms with van der Waals surface area (Å²) in [7, 11) is -1.12. The summed E-state index contributed by atoms with van der Waals surface area (Å²) in [5, 5.41) is 3.87. The monoisotopic (exact) mass is 479 g/mol. The van der Waals surface area contributed by atoms with E-state index < -0.39 is 8.07 Å². The molecule has 2 atom stereocenters. The first kappa shape index (κ1) is 25.0. The van der Waals surface area contributed by atoms with Crippen LogP contribution in [0.1, 0.15) is 48.7 Å². The predicted octanol–water partition coefficient (Wildman–Crippen LogP) is 5.06. The lowest BCUT2D eigenvalue weighted by molar-refractivity contribution is 0.0874. The lowest BCUT2D eigenvalue weighted by Crippen LogP contribution is -2.37. The van der Waals surface area contributed by atoms with Crippen LogP contribution in [0.5, 0.6) is 0 Å². The highest BCUT2D eigenvalue weighted by Gasteiger charge is 2.29. The minimum atomic E-state index is -1.12. The maximum atomic E-state index is 6.14. The predicted molar refractivity (Wildman–Crippen MR) is 143 cm³/mol. The van der Waals surface area contributed by atoms with Gasteiger partial charge < -0.3 is 20.4 Å². The molecule has 0 spiro atoms. The molecule has 0 saturated heterocycles. The Labute approximate surface area is 205 Å². The fraction of sp³-hybridized carbons (Fsp3) is 0.556. The van der Waals surface area contributed by atoms with Crippen molar-refractivity contribution in [2.45, 2.75) is 83.0 Å². The van der Waals surface area contributed by atoms with Crippen molar-refractivity contribution in [1.29, 1.82) is 0 Å². The number of hydrogen-bond acceptors (Lipinski definition) is 5. The molecule has 34 heavy (non-hydrogen) atoms. The number of nitrogens with two attached hydrogens (primary N) is 1. The first-order valence-corrected chi connectivity index (χ1v) is 16.6. The zero-order valence-electron chi connectivity index (χ0n) is 21.1. The molecule has 6 nitrogen and oxygen atoms in total. The molecular formula is C27H41N5OSi. The SMILES string of the molecule is C[Si](C)(C)CCOCn1c(CNC(CCCN)C2CCCc3cccnc32)nc2ccccc21. The van der Waals surface area contributed by atoms with Gasteiger partial charge >= 0.3 is 0 Å². The third kappa shape index (κ3) is 6.33. The van der Waals surface area contributed by atoms with Gasteiger partial charge in [0.15, 0.2) is 0 Å². The summed E-state index contributed by atoms with van der Waals surface area (Å²) in [5.74, 6) is 1.45. The van der Waals surface area contributed by atoms with Crippen molar-refractivity contribution in [2.75, 3.05) is 13.2 Å². The van der Waals surface area contributed by atoms with Crippen LogP contribution >= 0.6 is 0 Å². The van der Waals surface area contributed by atoms with Crippen molar-refractivity contribution in [3.05, 3.63) is 59.7 Å². The van der Waals surface area contributed by atoms with E-state index in [1.165, 1.54) is 30.1 Å². The fourth-order valence-corrected chi connectivity index (χ4v) is 5.74. The highest BCUT2D eigenvalue weighted by Crippen LogP contribution is 2.34. The minimum absolute atomic E-state index is 0.332. The molecule has 184 valence electrons. The third-order valence-electron chi connectivity index (χ3n) is 6.92. The Morgan fingerprint density at radius 2 is 2.06 bits per heavy atom. The van der Waals surface area contributed by atoms with E-state index in [-0.39, 0.29) is 0 Å². The summed E-state index contributed by atoms with van der Waals surface area (Å²) >= 11 is 0. The Hall–Kier alpha value is -2.06. The number of ether oxygens (including phenoxy) is 1. The van der Waals surface area contributed by atoms with Gasteiger partial charge in [0.2, 0.25) is 0 Å². The van der Waals surface area contributed by atoms with Crippen LogP contribution in [-0.2, 0) is 24.4 Å². The van der Waals surface area contributed by atoms with Crippen molar-refractivity contribution in [2.24, 2.45) is 5.73 Å². The fourth-order valence-electron chi connectivity index (χ4n) is 4.98. The molecule has 2 unspecified atom stereocenters. The van der Waals surface area contributed by atoms with Crippen LogP contribution in [0.25, 0.3) is 11.0 Å². The molecule has 2 heterocycles. The topological polar surface area (TPSA) is 78.0 Å². The standard InChI is InChI=1S/C27H41N5OSi/c1-34(2,3)18-17-33-20-32-25-14-5-4-12-24(25)31-26(32)19-30-23(13-7-15-28)22-11-6-9-21-10-8-16-29-27(21)22/h4-5,8,10,12,14,16,22-23,30H,6-7,9,11,13,15,17-20,28H2,1-3H3. The average molecular weight is 480 g/mol. The molecule has 1 aromatic carbocycles. The number of imidazole rings is 1. The maximum absolute atomic E-state index is 6.14. The Morgan fingerprint density at radius 1 is 1.21 bits per heavy atom. The van der Waals surface area contributed by atoms with Crippen LogP contribution in [-0.4, -0.2) is 41.8 Å². The van der Waals surface area contributed by atoms with Crippen molar-refractivity contribution in [3.63, 3.8) is 0 Å². The van der Waals surface area contributed by atoms with E-state index in [9.17, 15) is 0 Å². The first-order chi connectivity index (χ1) is 16.5. The summed E-state index contributed by atoms with van der Waals surface area (Å²) < 4.78 is 8.38. The van der Waals surface area contributed by atoms with Crippen LogP contribution in [0.3, 0.4) is 0 Å².